The number of benzene rings is 1. The van der Waals surface area contributed by atoms with Gasteiger partial charge in [0, 0.05) is 42.1 Å². The number of hydrogen-bond acceptors (Lipinski definition) is 2. The molecule has 4 rings (SSSR count). The zero-order valence-electron chi connectivity index (χ0n) is 11.2. The van der Waals surface area contributed by atoms with Crippen LogP contribution in [0.4, 0.5) is 0 Å². The number of aromatic nitrogens is 3. The highest BCUT2D eigenvalue weighted by Gasteiger charge is 2.03. The van der Waals surface area contributed by atoms with Crippen molar-refractivity contribution >= 4 is 33.4 Å². The lowest BCUT2D eigenvalue weighted by atomic mass is 10.1. The molecule has 3 heterocycles. The monoisotopic (exact) mass is 293 g/mol. The van der Waals surface area contributed by atoms with Crippen LogP contribution < -0.4 is 0 Å². The van der Waals surface area contributed by atoms with E-state index >= 15 is 0 Å². The van der Waals surface area contributed by atoms with E-state index in [9.17, 15) is 0 Å². The first-order chi connectivity index (χ1) is 10.3. The quantitative estimate of drug-likeness (QED) is 0.552. The summed E-state index contributed by atoms with van der Waals surface area (Å²) in [6.07, 6.45) is 7.47. The smallest absolute Gasteiger partial charge is 0.0703 e. The van der Waals surface area contributed by atoms with Crippen molar-refractivity contribution in [3.8, 4) is 0 Å². The molecule has 0 radical (unpaired) electrons. The predicted molar refractivity (Wildman–Crippen MR) is 85.6 cm³/mol. The van der Waals surface area contributed by atoms with Gasteiger partial charge in [-0.1, -0.05) is 17.7 Å². The summed E-state index contributed by atoms with van der Waals surface area (Å²) in [5, 5.41) is 2.89. The summed E-state index contributed by atoms with van der Waals surface area (Å²) in [4.78, 5) is 8.47. The van der Waals surface area contributed by atoms with Gasteiger partial charge in [-0.25, -0.2) is 0 Å². The van der Waals surface area contributed by atoms with Crippen LogP contribution in [-0.4, -0.2) is 14.5 Å². The number of halogens is 1. The van der Waals surface area contributed by atoms with Crippen LogP contribution in [0.5, 0.6) is 0 Å². The normalized spacial score (nSPS) is 11.3. The third-order valence-corrected chi connectivity index (χ3v) is 3.84. The molecule has 0 atom stereocenters. The number of pyridine rings is 2. The van der Waals surface area contributed by atoms with E-state index in [2.05, 4.69) is 38.9 Å². The van der Waals surface area contributed by atoms with Gasteiger partial charge in [-0.15, -0.1) is 0 Å². The van der Waals surface area contributed by atoms with E-state index in [4.69, 9.17) is 11.6 Å². The van der Waals surface area contributed by atoms with Crippen LogP contribution in [0, 0.1) is 0 Å². The summed E-state index contributed by atoms with van der Waals surface area (Å²) in [6, 6.07) is 12.4. The lowest BCUT2D eigenvalue weighted by Gasteiger charge is -2.07. The van der Waals surface area contributed by atoms with Crippen LogP contribution in [0.2, 0.25) is 5.02 Å². The first-order valence-corrected chi connectivity index (χ1v) is 7.10. The van der Waals surface area contributed by atoms with Crippen LogP contribution in [0.3, 0.4) is 0 Å². The highest BCUT2D eigenvalue weighted by atomic mass is 35.5. The molecule has 0 amide bonds. The van der Waals surface area contributed by atoms with Gasteiger partial charge >= 0.3 is 0 Å². The second-order valence-electron chi connectivity index (χ2n) is 5.06. The molecule has 0 N–H and O–H groups in total. The van der Waals surface area contributed by atoms with E-state index in [-0.39, 0.29) is 0 Å². The second kappa shape index (κ2) is 4.86. The van der Waals surface area contributed by atoms with Crippen molar-refractivity contribution in [2.45, 2.75) is 6.54 Å². The average Bonchev–Trinajstić information content (AvgIpc) is 2.90. The van der Waals surface area contributed by atoms with Crippen molar-refractivity contribution < 1.29 is 0 Å². The fourth-order valence-corrected chi connectivity index (χ4v) is 2.79. The summed E-state index contributed by atoms with van der Waals surface area (Å²) >= 11 is 6.02. The Kier molecular flexibility index (Phi) is 2.86. The summed E-state index contributed by atoms with van der Waals surface area (Å²) in [5.41, 5.74) is 3.37. The Morgan fingerprint density at radius 1 is 1.00 bits per heavy atom. The van der Waals surface area contributed by atoms with Crippen LogP contribution in [0.1, 0.15) is 5.56 Å². The van der Waals surface area contributed by atoms with Gasteiger partial charge in [0.2, 0.25) is 0 Å². The van der Waals surface area contributed by atoms with Crippen molar-refractivity contribution in [3.63, 3.8) is 0 Å². The van der Waals surface area contributed by atoms with E-state index in [1.54, 1.807) is 6.20 Å². The van der Waals surface area contributed by atoms with E-state index in [1.165, 1.54) is 11.1 Å². The highest BCUT2D eigenvalue weighted by molar-refractivity contribution is 6.31. The van der Waals surface area contributed by atoms with E-state index in [0.717, 1.165) is 22.8 Å². The number of hydrogen-bond donors (Lipinski definition) is 0. The lowest BCUT2D eigenvalue weighted by molar-refractivity contribution is 0.837. The van der Waals surface area contributed by atoms with Gasteiger partial charge < -0.3 is 4.57 Å². The zero-order chi connectivity index (χ0) is 14.2. The Morgan fingerprint density at radius 2 is 1.95 bits per heavy atom. The molecule has 4 heteroatoms. The Hall–Kier alpha value is -2.39. The van der Waals surface area contributed by atoms with Crippen LogP contribution in [0.25, 0.3) is 21.8 Å². The van der Waals surface area contributed by atoms with Crippen LogP contribution in [-0.2, 0) is 6.54 Å². The van der Waals surface area contributed by atoms with Crippen molar-refractivity contribution in [1.82, 2.24) is 14.5 Å². The summed E-state index contributed by atoms with van der Waals surface area (Å²) in [5.74, 6) is 0. The molecule has 0 aliphatic rings. The number of fused-ring (bicyclic) bond motifs is 2. The highest BCUT2D eigenvalue weighted by Crippen LogP contribution is 2.20. The van der Waals surface area contributed by atoms with Crippen LogP contribution in [0.15, 0.2) is 61.2 Å². The summed E-state index contributed by atoms with van der Waals surface area (Å²) in [7, 11) is 0. The molecule has 102 valence electrons. The Morgan fingerprint density at radius 3 is 2.90 bits per heavy atom. The fourth-order valence-electron chi connectivity index (χ4n) is 2.63. The van der Waals surface area contributed by atoms with E-state index in [0.29, 0.717) is 5.02 Å². The minimum atomic E-state index is 0.664. The van der Waals surface area contributed by atoms with Crippen molar-refractivity contribution in [2.75, 3.05) is 0 Å². The minimum absolute atomic E-state index is 0.664. The van der Waals surface area contributed by atoms with E-state index in [1.807, 2.05) is 30.6 Å². The Balaban J connectivity index is 1.76. The molecular formula is C17H12ClN3. The maximum absolute atomic E-state index is 6.02. The number of rotatable bonds is 2. The van der Waals surface area contributed by atoms with Gasteiger partial charge in [0.1, 0.15) is 0 Å². The standard InChI is InChI=1S/C17H12ClN3/c18-15-8-14-7-12(1-2-16(14)20-10-15)11-21-6-4-13-9-19-5-3-17(13)21/h1-10H,11H2. The summed E-state index contributed by atoms with van der Waals surface area (Å²) < 4.78 is 2.22. The second-order valence-corrected chi connectivity index (χ2v) is 5.50. The molecule has 0 aliphatic carbocycles. The first kappa shape index (κ1) is 12.4. The molecule has 0 fully saturated rings. The molecule has 0 aliphatic heterocycles. The number of nitrogens with zero attached hydrogens (tertiary/aromatic N) is 3. The van der Waals surface area contributed by atoms with Crippen molar-refractivity contribution in [3.05, 3.63) is 71.8 Å². The topological polar surface area (TPSA) is 30.7 Å². The molecule has 0 bridgehead atoms. The van der Waals surface area contributed by atoms with Gasteiger partial charge in [-0.05, 0) is 35.9 Å². The van der Waals surface area contributed by atoms with Crippen molar-refractivity contribution in [1.29, 1.82) is 0 Å². The molecule has 3 aromatic heterocycles. The maximum Gasteiger partial charge on any atom is 0.0703 e. The lowest BCUT2D eigenvalue weighted by Crippen LogP contribution is -1.97. The largest absolute Gasteiger partial charge is 0.343 e. The molecule has 0 saturated heterocycles. The average molecular weight is 294 g/mol. The van der Waals surface area contributed by atoms with Gasteiger partial charge in [0.25, 0.3) is 0 Å². The molecule has 21 heavy (non-hydrogen) atoms. The van der Waals surface area contributed by atoms with Crippen LogP contribution >= 0.6 is 11.6 Å². The molecule has 0 spiro atoms. The Bertz CT molecular complexity index is 943. The van der Waals surface area contributed by atoms with E-state index < -0.39 is 0 Å². The molecule has 4 aromatic rings. The molecule has 0 unspecified atom stereocenters. The molecular weight excluding hydrogens is 282 g/mol. The van der Waals surface area contributed by atoms with Gasteiger partial charge in [0.15, 0.2) is 0 Å². The zero-order valence-corrected chi connectivity index (χ0v) is 12.0. The summed E-state index contributed by atoms with van der Waals surface area (Å²) in [6.45, 7) is 0.815. The first-order valence-electron chi connectivity index (χ1n) is 6.73. The maximum atomic E-state index is 6.02. The SMILES string of the molecule is Clc1cnc2ccc(Cn3ccc4cnccc43)cc2c1. The van der Waals surface area contributed by atoms with Crippen molar-refractivity contribution in [2.24, 2.45) is 0 Å². The third kappa shape index (κ3) is 2.26. The molecule has 3 nitrogen and oxygen atoms in total. The predicted octanol–water partition coefficient (Wildman–Crippen LogP) is 4.29. The van der Waals surface area contributed by atoms with Gasteiger partial charge in [-0.3, -0.25) is 9.97 Å². The third-order valence-electron chi connectivity index (χ3n) is 3.64. The fraction of sp³-hybridized carbons (Fsp3) is 0.0588. The van der Waals surface area contributed by atoms with Gasteiger partial charge in [-0.2, -0.15) is 0 Å². The Labute approximate surface area is 126 Å². The molecule has 0 saturated carbocycles. The van der Waals surface area contributed by atoms with Gasteiger partial charge in [0.05, 0.1) is 16.1 Å². The molecule has 1 aromatic carbocycles. The minimum Gasteiger partial charge on any atom is -0.343 e.